The van der Waals surface area contributed by atoms with Crippen LogP contribution >= 0.6 is 0 Å². The largest absolute Gasteiger partial charge is 0.463 e. The van der Waals surface area contributed by atoms with Crippen molar-refractivity contribution < 1.29 is 14.3 Å². The topological polar surface area (TPSA) is 77.3 Å². The first-order valence-electron chi connectivity index (χ1n) is 4.80. The molecule has 0 fully saturated rings. The molecule has 0 radical (unpaired) electrons. The Hall–Kier alpha value is -1.92. The van der Waals surface area contributed by atoms with Crippen LogP contribution in [0, 0.1) is 0 Å². The van der Waals surface area contributed by atoms with Crippen molar-refractivity contribution in [3.8, 4) is 0 Å². The van der Waals surface area contributed by atoms with Crippen LogP contribution in [-0.2, 0) is 16.1 Å². The standard InChI is InChI=1S/C9H14N4O3/c1-4-12(2)7(14)5-13-6-10-8(11-13)9(15)16-3/h6H,4-5H2,1-3H3. The van der Waals surface area contributed by atoms with Gasteiger partial charge in [0.15, 0.2) is 0 Å². The maximum Gasteiger partial charge on any atom is 0.377 e. The average Bonchev–Trinajstić information content (AvgIpc) is 2.75. The van der Waals surface area contributed by atoms with Gasteiger partial charge >= 0.3 is 5.97 Å². The van der Waals surface area contributed by atoms with E-state index in [1.807, 2.05) is 6.92 Å². The molecule has 1 rings (SSSR count). The molecule has 0 saturated heterocycles. The molecule has 0 aromatic carbocycles. The summed E-state index contributed by atoms with van der Waals surface area (Å²) in [5.74, 6) is -0.756. The number of rotatable bonds is 4. The van der Waals surface area contributed by atoms with Gasteiger partial charge in [-0.15, -0.1) is 5.10 Å². The third-order valence-electron chi connectivity index (χ3n) is 2.10. The highest BCUT2D eigenvalue weighted by Crippen LogP contribution is 1.94. The number of hydrogen-bond acceptors (Lipinski definition) is 5. The van der Waals surface area contributed by atoms with Gasteiger partial charge < -0.3 is 9.64 Å². The molecule has 0 aliphatic heterocycles. The molecule has 0 saturated carbocycles. The van der Waals surface area contributed by atoms with Crippen molar-refractivity contribution >= 4 is 11.9 Å². The summed E-state index contributed by atoms with van der Waals surface area (Å²) in [6, 6.07) is 0. The summed E-state index contributed by atoms with van der Waals surface area (Å²) in [6.45, 7) is 2.56. The lowest BCUT2D eigenvalue weighted by atomic mass is 10.5. The summed E-state index contributed by atoms with van der Waals surface area (Å²) in [6.07, 6.45) is 1.33. The molecule has 16 heavy (non-hydrogen) atoms. The van der Waals surface area contributed by atoms with Crippen LogP contribution in [-0.4, -0.2) is 52.2 Å². The Morgan fingerprint density at radius 1 is 1.56 bits per heavy atom. The molecule has 7 heteroatoms. The second-order valence-electron chi connectivity index (χ2n) is 3.17. The van der Waals surface area contributed by atoms with Crippen molar-refractivity contribution in [3.05, 3.63) is 12.2 Å². The summed E-state index contributed by atoms with van der Waals surface area (Å²) in [5.41, 5.74) is 0. The van der Waals surface area contributed by atoms with Crippen LogP contribution in [0.25, 0.3) is 0 Å². The van der Waals surface area contributed by atoms with E-state index in [1.54, 1.807) is 11.9 Å². The minimum absolute atomic E-state index is 0.0468. The lowest BCUT2D eigenvalue weighted by Gasteiger charge is -2.13. The number of hydrogen-bond donors (Lipinski definition) is 0. The fraction of sp³-hybridized carbons (Fsp3) is 0.556. The molecule has 0 N–H and O–H groups in total. The second-order valence-corrected chi connectivity index (χ2v) is 3.17. The Morgan fingerprint density at radius 3 is 2.81 bits per heavy atom. The Balaban J connectivity index is 2.65. The average molecular weight is 226 g/mol. The zero-order valence-corrected chi connectivity index (χ0v) is 9.51. The third-order valence-corrected chi connectivity index (χ3v) is 2.10. The van der Waals surface area contributed by atoms with Gasteiger partial charge in [0.05, 0.1) is 7.11 Å². The first-order chi connectivity index (χ1) is 7.58. The van der Waals surface area contributed by atoms with Crippen molar-refractivity contribution in [2.24, 2.45) is 0 Å². The van der Waals surface area contributed by atoms with Crippen LogP contribution in [0.4, 0.5) is 0 Å². The van der Waals surface area contributed by atoms with Crippen molar-refractivity contribution in [1.82, 2.24) is 19.7 Å². The van der Waals surface area contributed by atoms with Crippen molar-refractivity contribution in [3.63, 3.8) is 0 Å². The summed E-state index contributed by atoms with van der Waals surface area (Å²) in [4.78, 5) is 27.8. The first kappa shape index (κ1) is 12.2. The molecule has 1 amide bonds. The number of carbonyl (C=O) groups is 2. The Morgan fingerprint density at radius 2 is 2.25 bits per heavy atom. The highest BCUT2D eigenvalue weighted by molar-refractivity contribution is 5.84. The van der Waals surface area contributed by atoms with Gasteiger partial charge in [-0.25, -0.2) is 14.5 Å². The Kier molecular flexibility index (Phi) is 3.98. The van der Waals surface area contributed by atoms with Crippen LogP contribution in [0.1, 0.15) is 17.5 Å². The van der Waals surface area contributed by atoms with E-state index in [1.165, 1.54) is 18.1 Å². The molecule has 1 aromatic rings. The zero-order chi connectivity index (χ0) is 12.1. The van der Waals surface area contributed by atoms with E-state index in [-0.39, 0.29) is 18.3 Å². The number of aromatic nitrogens is 3. The van der Waals surface area contributed by atoms with Crippen LogP contribution in [0.3, 0.4) is 0 Å². The smallest absolute Gasteiger partial charge is 0.377 e. The second kappa shape index (κ2) is 5.24. The maximum absolute atomic E-state index is 11.5. The quantitative estimate of drug-likeness (QED) is 0.649. The van der Waals surface area contributed by atoms with Crippen molar-refractivity contribution in [2.45, 2.75) is 13.5 Å². The lowest BCUT2D eigenvalue weighted by Crippen LogP contribution is -2.30. The number of esters is 1. The monoisotopic (exact) mass is 226 g/mol. The molecule has 0 spiro atoms. The van der Waals surface area contributed by atoms with Gasteiger partial charge in [-0.1, -0.05) is 0 Å². The molecule has 0 aliphatic carbocycles. The lowest BCUT2D eigenvalue weighted by molar-refractivity contribution is -0.130. The van der Waals surface area contributed by atoms with E-state index in [0.29, 0.717) is 6.54 Å². The third kappa shape index (κ3) is 2.78. The summed E-state index contributed by atoms with van der Waals surface area (Å²) >= 11 is 0. The van der Waals surface area contributed by atoms with E-state index >= 15 is 0 Å². The van der Waals surface area contributed by atoms with Crippen molar-refractivity contribution in [1.29, 1.82) is 0 Å². The van der Waals surface area contributed by atoms with Gasteiger partial charge in [0.2, 0.25) is 5.91 Å². The number of ether oxygens (including phenoxy) is 1. The number of methoxy groups -OCH3 is 1. The SMILES string of the molecule is CCN(C)C(=O)Cn1cnc(C(=O)OC)n1. The fourth-order valence-electron chi connectivity index (χ4n) is 0.991. The number of carbonyl (C=O) groups excluding carboxylic acids is 2. The molecule has 0 unspecified atom stereocenters. The first-order valence-corrected chi connectivity index (χ1v) is 4.80. The van der Waals surface area contributed by atoms with Gasteiger partial charge in [-0.05, 0) is 6.92 Å². The number of amides is 1. The summed E-state index contributed by atoms with van der Waals surface area (Å²) < 4.78 is 5.76. The molecule has 0 aliphatic rings. The normalized spacial score (nSPS) is 9.94. The van der Waals surface area contributed by atoms with Gasteiger partial charge in [0.25, 0.3) is 5.82 Å². The molecule has 0 bridgehead atoms. The predicted octanol–water partition coefficient (Wildman–Crippen LogP) is -0.457. The molecule has 88 valence electrons. The van der Waals surface area contributed by atoms with E-state index in [9.17, 15) is 9.59 Å². The van der Waals surface area contributed by atoms with Crippen LogP contribution in [0.5, 0.6) is 0 Å². The highest BCUT2D eigenvalue weighted by atomic mass is 16.5. The Labute approximate surface area is 93.0 Å². The minimum Gasteiger partial charge on any atom is -0.463 e. The molecule has 1 heterocycles. The van der Waals surface area contributed by atoms with E-state index in [0.717, 1.165) is 0 Å². The highest BCUT2D eigenvalue weighted by Gasteiger charge is 2.13. The molecular weight excluding hydrogens is 212 g/mol. The maximum atomic E-state index is 11.5. The minimum atomic E-state index is -0.616. The molecule has 1 aromatic heterocycles. The molecule has 0 atom stereocenters. The van der Waals surface area contributed by atoms with Crippen LogP contribution in [0.15, 0.2) is 6.33 Å². The molecule has 7 nitrogen and oxygen atoms in total. The van der Waals surface area contributed by atoms with Crippen LogP contribution in [0.2, 0.25) is 0 Å². The van der Waals surface area contributed by atoms with Gasteiger partial charge in [-0.2, -0.15) is 0 Å². The van der Waals surface area contributed by atoms with E-state index in [4.69, 9.17) is 0 Å². The summed E-state index contributed by atoms with van der Waals surface area (Å²) in [7, 11) is 2.94. The Bertz CT molecular complexity index is 388. The van der Waals surface area contributed by atoms with Gasteiger partial charge in [-0.3, -0.25) is 4.79 Å². The number of likely N-dealkylation sites (N-methyl/N-ethyl adjacent to an activating group) is 1. The van der Waals surface area contributed by atoms with E-state index in [2.05, 4.69) is 14.8 Å². The van der Waals surface area contributed by atoms with Gasteiger partial charge in [0, 0.05) is 13.6 Å². The predicted molar refractivity (Wildman–Crippen MR) is 54.7 cm³/mol. The zero-order valence-electron chi connectivity index (χ0n) is 9.51. The van der Waals surface area contributed by atoms with Gasteiger partial charge in [0.1, 0.15) is 12.9 Å². The van der Waals surface area contributed by atoms with Crippen LogP contribution < -0.4 is 0 Å². The fourth-order valence-corrected chi connectivity index (χ4v) is 0.991. The summed E-state index contributed by atoms with van der Waals surface area (Å²) in [5, 5.41) is 3.82. The number of nitrogens with zero attached hydrogens (tertiary/aromatic N) is 4. The van der Waals surface area contributed by atoms with E-state index < -0.39 is 5.97 Å². The molecular formula is C9H14N4O3. The van der Waals surface area contributed by atoms with Crippen molar-refractivity contribution in [2.75, 3.05) is 20.7 Å².